The van der Waals surface area contributed by atoms with E-state index in [-0.39, 0.29) is 24.5 Å². The van der Waals surface area contributed by atoms with E-state index in [0.717, 1.165) is 0 Å². The maximum atomic E-state index is 11.2. The zero-order valence-electron chi connectivity index (χ0n) is 10.9. The number of aromatic hydroxyl groups is 1. The van der Waals surface area contributed by atoms with Gasteiger partial charge in [0.2, 0.25) is 5.75 Å². The molecular weight excluding hydrogens is 254 g/mol. The minimum Gasteiger partial charge on any atom is -0.502 e. The third-order valence-electron chi connectivity index (χ3n) is 2.49. The highest BCUT2D eigenvalue weighted by molar-refractivity contribution is 5.71. The molecule has 104 valence electrons. The number of rotatable bonds is 5. The van der Waals surface area contributed by atoms with Crippen molar-refractivity contribution in [3.05, 3.63) is 27.3 Å². The molecule has 1 aromatic carbocycles. The second-order valence-corrected chi connectivity index (χ2v) is 3.87. The van der Waals surface area contributed by atoms with Crippen LogP contribution in [0.5, 0.6) is 11.5 Å². The highest BCUT2D eigenvalue weighted by Crippen LogP contribution is 2.38. The Morgan fingerprint density at radius 1 is 1.47 bits per heavy atom. The molecule has 19 heavy (non-hydrogen) atoms. The number of esters is 1. The lowest BCUT2D eigenvalue weighted by molar-refractivity contribution is -0.386. The summed E-state index contributed by atoms with van der Waals surface area (Å²) in [5.41, 5.74) is 0.292. The Hall–Kier alpha value is -2.31. The summed E-state index contributed by atoms with van der Waals surface area (Å²) in [5, 5.41) is 20.4. The number of carbonyl (C=O) groups excluding carboxylic acids is 1. The number of nitrogens with zero attached hydrogens (tertiary/aromatic N) is 1. The largest absolute Gasteiger partial charge is 0.502 e. The third-order valence-corrected chi connectivity index (χ3v) is 2.49. The molecule has 0 unspecified atom stereocenters. The van der Waals surface area contributed by atoms with Crippen LogP contribution in [-0.4, -0.2) is 29.2 Å². The second-order valence-electron chi connectivity index (χ2n) is 3.87. The van der Waals surface area contributed by atoms with E-state index in [1.165, 1.54) is 13.0 Å². The lowest BCUT2D eigenvalue weighted by Crippen LogP contribution is -2.15. The van der Waals surface area contributed by atoms with Crippen molar-refractivity contribution >= 4 is 11.7 Å². The van der Waals surface area contributed by atoms with Crippen LogP contribution >= 0.6 is 0 Å². The molecule has 0 saturated heterocycles. The van der Waals surface area contributed by atoms with Gasteiger partial charge in [0.05, 0.1) is 11.5 Å². The minimum absolute atomic E-state index is 0.219. The highest BCUT2D eigenvalue weighted by atomic mass is 16.6. The first-order chi connectivity index (χ1) is 8.88. The standard InChI is InChI=1S/C12H15NO6/c1-4-18-10(14)6-19-12-7(2)5-9(13(16)17)11(15)8(12)3/h5,15H,4,6H2,1-3H3. The van der Waals surface area contributed by atoms with Crippen LogP contribution in [0.3, 0.4) is 0 Å². The van der Waals surface area contributed by atoms with E-state index in [4.69, 9.17) is 9.47 Å². The predicted molar refractivity (Wildman–Crippen MR) is 66.4 cm³/mol. The van der Waals surface area contributed by atoms with Gasteiger partial charge in [0, 0.05) is 11.6 Å². The van der Waals surface area contributed by atoms with Gasteiger partial charge in [-0.05, 0) is 26.3 Å². The van der Waals surface area contributed by atoms with Crippen molar-refractivity contribution in [2.24, 2.45) is 0 Å². The Bertz CT molecular complexity index is 511. The molecule has 0 bridgehead atoms. The van der Waals surface area contributed by atoms with Crippen LogP contribution in [0.4, 0.5) is 5.69 Å². The molecule has 0 aliphatic carbocycles. The molecular formula is C12H15NO6. The van der Waals surface area contributed by atoms with Crippen molar-refractivity contribution in [1.29, 1.82) is 0 Å². The van der Waals surface area contributed by atoms with E-state index >= 15 is 0 Å². The van der Waals surface area contributed by atoms with Crippen LogP contribution in [0.1, 0.15) is 18.1 Å². The summed E-state index contributed by atoms with van der Waals surface area (Å²) >= 11 is 0. The summed E-state index contributed by atoms with van der Waals surface area (Å²) in [6.45, 7) is 4.68. The van der Waals surface area contributed by atoms with Crippen LogP contribution in [0.2, 0.25) is 0 Å². The van der Waals surface area contributed by atoms with E-state index in [1.807, 2.05) is 0 Å². The molecule has 0 spiro atoms. The molecule has 1 aromatic rings. The van der Waals surface area contributed by atoms with E-state index in [1.54, 1.807) is 13.8 Å². The Balaban J connectivity index is 3.00. The van der Waals surface area contributed by atoms with Crippen molar-refractivity contribution in [1.82, 2.24) is 0 Å². The lowest BCUT2D eigenvalue weighted by Gasteiger charge is -2.12. The Morgan fingerprint density at radius 2 is 2.11 bits per heavy atom. The molecule has 0 saturated carbocycles. The van der Waals surface area contributed by atoms with E-state index in [9.17, 15) is 20.0 Å². The first-order valence-corrected chi connectivity index (χ1v) is 5.64. The Labute approximate surface area is 109 Å². The molecule has 0 aliphatic heterocycles. The number of hydrogen-bond donors (Lipinski definition) is 1. The van der Waals surface area contributed by atoms with Gasteiger partial charge in [0.1, 0.15) is 5.75 Å². The molecule has 0 fully saturated rings. The van der Waals surface area contributed by atoms with Crippen molar-refractivity contribution < 1.29 is 24.3 Å². The van der Waals surface area contributed by atoms with Crippen molar-refractivity contribution in [2.75, 3.05) is 13.2 Å². The van der Waals surface area contributed by atoms with E-state index in [0.29, 0.717) is 5.56 Å². The number of nitro groups is 1. The molecule has 0 radical (unpaired) electrons. The molecule has 1 N–H and O–H groups in total. The smallest absolute Gasteiger partial charge is 0.344 e. The zero-order chi connectivity index (χ0) is 14.6. The predicted octanol–water partition coefficient (Wildman–Crippen LogP) is 1.86. The number of nitro benzene ring substituents is 1. The summed E-state index contributed by atoms with van der Waals surface area (Å²) in [6.07, 6.45) is 0. The van der Waals surface area contributed by atoms with Crippen LogP contribution in [0.15, 0.2) is 6.07 Å². The normalized spacial score (nSPS) is 10.1. The number of ether oxygens (including phenoxy) is 2. The SMILES string of the molecule is CCOC(=O)COc1c(C)cc([N+](=O)[O-])c(O)c1C. The van der Waals surface area contributed by atoms with Crippen LogP contribution in [-0.2, 0) is 9.53 Å². The number of aryl methyl sites for hydroxylation is 1. The first-order valence-electron chi connectivity index (χ1n) is 5.64. The van der Waals surface area contributed by atoms with Gasteiger partial charge in [-0.1, -0.05) is 0 Å². The van der Waals surface area contributed by atoms with Gasteiger partial charge in [-0.3, -0.25) is 10.1 Å². The fourth-order valence-electron chi connectivity index (χ4n) is 1.63. The van der Waals surface area contributed by atoms with E-state index in [2.05, 4.69) is 0 Å². The number of phenols is 1. The van der Waals surface area contributed by atoms with Crippen LogP contribution in [0, 0.1) is 24.0 Å². The number of benzene rings is 1. The molecule has 0 atom stereocenters. The monoisotopic (exact) mass is 269 g/mol. The fraction of sp³-hybridized carbons (Fsp3) is 0.417. The second kappa shape index (κ2) is 6.03. The summed E-state index contributed by atoms with van der Waals surface area (Å²) in [4.78, 5) is 21.2. The van der Waals surface area contributed by atoms with Gasteiger partial charge >= 0.3 is 11.7 Å². The molecule has 0 aliphatic rings. The summed E-state index contributed by atoms with van der Waals surface area (Å²) in [5.74, 6) is -0.759. The zero-order valence-corrected chi connectivity index (χ0v) is 10.9. The van der Waals surface area contributed by atoms with Gasteiger partial charge in [-0.15, -0.1) is 0 Å². The average molecular weight is 269 g/mol. The molecule has 0 heterocycles. The van der Waals surface area contributed by atoms with Gasteiger partial charge in [0.15, 0.2) is 6.61 Å². The Morgan fingerprint density at radius 3 is 2.63 bits per heavy atom. The summed E-state index contributed by atoms with van der Waals surface area (Å²) < 4.78 is 9.94. The maximum absolute atomic E-state index is 11.2. The topological polar surface area (TPSA) is 98.9 Å². The highest BCUT2D eigenvalue weighted by Gasteiger charge is 2.21. The number of carbonyl (C=O) groups is 1. The third kappa shape index (κ3) is 3.34. The van der Waals surface area contributed by atoms with E-state index < -0.39 is 22.3 Å². The first kappa shape index (κ1) is 14.7. The summed E-state index contributed by atoms with van der Waals surface area (Å²) in [7, 11) is 0. The summed E-state index contributed by atoms with van der Waals surface area (Å²) in [6, 6.07) is 1.20. The van der Waals surface area contributed by atoms with Crippen molar-refractivity contribution in [3.63, 3.8) is 0 Å². The van der Waals surface area contributed by atoms with Crippen molar-refractivity contribution in [2.45, 2.75) is 20.8 Å². The Kier molecular flexibility index (Phi) is 4.68. The van der Waals surface area contributed by atoms with Gasteiger partial charge < -0.3 is 14.6 Å². The van der Waals surface area contributed by atoms with Gasteiger partial charge in [-0.2, -0.15) is 0 Å². The quantitative estimate of drug-likeness (QED) is 0.497. The number of hydrogen-bond acceptors (Lipinski definition) is 6. The van der Waals surface area contributed by atoms with Gasteiger partial charge in [-0.25, -0.2) is 4.79 Å². The number of phenolic OH excluding ortho intramolecular Hbond substituents is 1. The molecule has 0 aromatic heterocycles. The fourth-order valence-corrected chi connectivity index (χ4v) is 1.63. The van der Waals surface area contributed by atoms with Crippen LogP contribution in [0.25, 0.3) is 0 Å². The lowest BCUT2D eigenvalue weighted by atomic mass is 10.1. The molecule has 1 rings (SSSR count). The average Bonchev–Trinajstić information content (AvgIpc) is 2.33. The minimum atomic E-state index is -0.676. The molecule has 0 amide bonds. The molecule has 7 nitrogen and oxygen atoms in total. The van der Waals surface area contributed by atoms with Crippen molar-refractivity contribution in [3.8, 4) is 11.5 Å². The van der Waals surface area contributed by atoms with Crippen LogP contribution < -0.4 is 4.74 Å². The van der Waals surface area contributed by atoms with Gasteiger partial charge in [0.25, 0.3) is 0 Å². The maximum Gasteiger partial charge on any atom is 0.344 e. The molecule has 7 heteroatoms.